The Kier molecular flexibility index (Phi) is 9.42. The highest BCUT2D eigenvalue weighted by atomic mass is 15.1. The monoisotopic (exact) mass is 266 g/mol. The van der Waals surface area contributed by atoms with Crippen LogP contribution in [0.2, 0.25) is 0 Å². The molecule has 110 valence electrons. The number of nitrogens with two attached hydrogens (primary N) is 1. The van der Waals surface area contributed by atoms with Gasteiger partial charge in [0.05, 0.1) is 6.54 Å². The van der Waals surface area contributed by atoms with Crippen molar-refractivity contribution >= 4 is 0 Å². The van der Waals surface area contributed by atoms with Crippen LogP contribution in [0.15, 0.2) is 18.7 Å². The smallest absolute Gasteiger partial charge is 0.244 e. The van der Waals surface area contributed by atoms with Crippen LogP contribution in [0.4, 0.5) is 0 Å². The van der Waals surface area contributed by atoms with E-state index in [1.165, 1.54) is 64.2 Å². The first-order valence-corrected chi connectivity index (χ1v) is 8.11. The molecule has 0 radical (unpaired) electrons. The van der Waals surface area contributed by atoms with Crippen LogP contribution in [0.25, 0.3) is 0 Å². The minimum absolute atomic E-state index is 0.574. The van der Waals surface area contributed by atoms with Crippen LogP contribution in [0.1, 0.15) is 71.1 Å². The molecule has 1 rings (SSSR count). The molecular weight excluding hydrogens is 234 g/mol. The standard InChI is InChI=1S/C16H32N3/c1-2-3-4-5-6-7-8-9-10-11-12-18-13-14-19(15-17)16-18/h13-14,16H,2-12,15,17H2,1H3/q+1. The highest BCUT2D eigenvalue weighted by molar-refractivity contribution is 4.65. The number of rotatable bonds is 12. The van der Waals surface area contributed by atoms with Crippen LogP contribution in [-0.2, 0) is 13.2 Å². The normalized spacial score (nSPS) is 11.1. The minimum Gasteiger partial charge on any atom is -0.295 e. The summed E-state index contributed by atoms with van der Waals surface area (Å²) in [5, 5.41) is 0. The fourth-order valence-corrected chi connectivity index (χ4v) is 2.46. The lowest BCUT2D eigenvalue weighted by atomic mass is 10.1. The van der Waals surface area contributed by atoms with Gasteiger partial charge in [-0.1, -0.05) is 58.3 Å². The number of unbranched alkanes of at least 4 members (excludes halogenated alkanes) is 9. The Bertz CT molecular complexity index is 307. The molecule has 2 N–H and O–H groups in total. The lowest BCUT2D eigenvalue weighted by Gasteiger charge is -2.01. The summed E-state index contributed by atoms with van der Waals surface area (Å²) in [5.41, 5.74) is 5.57. The molecule has 0 saturated carbocycles. The zero-order valence-corrected chi connectivity index (χ0v) is 12.7. The third-order valence-corrected chi connectivity index (χ3v) is 3.73. The van der Waals surface area contributed by atoms with Crippen molar-refractivity contribution in [1.29, 1.82) is 0 Å². The first kappa shape index (κ1) is 16.2. The van der Waals surface area contributed by atoms with Crippen LogP contribution in [-0.4, -0.2) is 4.57 Å². The van der Waals surface area contributed by atoms with Gasteiger partial charge in [0.2, 0.25) is 6.33 Å². The molecule has 1 heterocycles. The summed E-state index contributed by atoms with van der Waals surface area (Å²) < 4.78 is 4.24. The predicted octanol–water partition coefficient (Wildman–Crippen LogP) is 3.61. The van der Waals surface area contributed by atoms with Gasteiger partial charge in [0.25, 0.3) is 0 Å². The second-order valence-electron chi connectivity index (χ2n) is 5.53. The third kappa shape index (κ3) is 8.04. The summed E-state index contributed by atoms with van der Waals surface area (Å²) in [6.45, 7) is 3.98. The summed E-state index contributed by atoms with van der Waals surface area (Å²) in [6, 6.07) is 0. The van der Waals surface area contributed by atoms with Gasteiger partial charge in [0, 0.05) is 0 Å². The number of hydrogen-bond donors (Lipinski definition) is 1. The molecule has 0 bridgehead atoms. The van der Waals surface area contributed by atoms with Gasteiger partial charge in [0.1, 0.15) is 19.1 Å². The first-order chi connectivity index (χ1) is 9.36. The van der Waals surface area contributed by atoms with Crippen molar-refractivity contribution < 1.29 is 4.57 Å². The van der Waals surface area contributed by atoms with Crippen molar-refractivity contribution in [2.75, 3.05) is 0 Å². The Morgan fingerprint density at radius 3 is 2.00 bits per heavy atom. The quantitative estimate of drug-likeness (QED) is 0.455. The second kappa shape index (κ2) is 11.0. The summed E-state index contributed by atoms with van der Waals surface area (Å²) in [7, 11) is 0. The molecule has 0 aliphatic heterocycles. The van der Waals surface area contributed by atoms with E-state index < -0.39 is 0 Å². The summed E-state index contributed by atoms with van der Waals surface area (Å²) in [5.74, 6) is 0. The first-order valence-electron chi connectivity index (χ1n) is 8.11. The molecule has 3 nitrogen and oxygen atoms in total. The maximum Gasteiger partial charge on any atom is 0.244 e. The topological polar surface area (TPSA) is 34.8 Å². The Hall–Kier alpha value is -0.830. The van der Waals surface area contributed by atoms with Crippen molar-refractivity contribution in [3.05, 3.63) is 18.7 Å². The summed E-state index contributed by atoms with van der Waals surface area (Å²) >= 11 is 0. The van der Waals surface area contributed by atoms with Crippen molar-refractivity contribution in [2.24, 2.45) is 5.73 Å². The van der Waals surface area contributed by atoms with Gasteiger partial charge >= 0.3 is 0 Å². The van der Waals surface area contributed by atoms with Crippen molar-refractivity contribution in [3.8, 4) is 0 Å². The van der Waals surface area contributed by atoms with E-state index >= 15 is 0 Å². The molecule has 0 spiro atoms. The molecule has 0 amide bonds. The average Bonchev–Trinajstić information content (AvgIpc) is 2.89. The van der Waals surface area contributed by atoms with E-state index in [0.717, 1.165) is 6.54 Å². The molecule has 0 atom stereocenters. The molecular formula is C16H32N3+. The Morgan fingerprint density at radius 1 is 0.895 bits per heavy atom. The summed E-state index contributed by atoms with van der Waals surface area (Å²) in [6.07, 6.45) is 20.2. The molecule has 0 aromatic carbocycles. The number of imidazole rings is 1. The van der Waals surface area contributed by atoms with E-state index in [0.29, 0.717) is 6.67 Å². The van der Waals surface area contributed by atoms with Gasteiger partial charge in [0.15, 0.2) is 0 Å². The SMILES string of the molecule is CCCCCCCCCCCCn1cc[n+](CN)c1. The summed E-state index contributed by atoms with van der Waals surface area (Å²) in [4.78, 5) is 0. The number of aromatic nitrogens is 2. The molecule has 0 saturated heterocycles. The number of nitrogens with zero attached hydrogens (tertiary/aromatic N) is 2. The van der Waals surface area contributed by atoms with E-state index in [2.05, 4.69) is 24.0 Å². The number of aryl methyl sites for hydroxylation is 1. The molecule has 0 unspecified atom stereocenters. The maximum absolute atomic E-state index is 5.57. The van der Waals surface area contributed by atoms with Crippen LogP contribution in [0.5, 0.6) is 0 Å². The van der Waals surface area contributed by atoms with Crippen LogP contribution >= 0.6 is 0 Å². The van der Waals surface area contributed by atoms with E-state index in [1.54, 1.807) is 0 Å². The Balaban J connectivity index is 1.86. The lowest BCUT2D eigenvalue weighted by Crippen LogP contribution is -2.35. The zero-order chi connectivity index (χ0) is 13.8. The van der Waals surface area contributed by atoms with Gasteiger partial charge in [-0.05, 0) is 12.8 Å². The van der Waals surface area contributed by atoms with Crippen LogP contribution < -0.4 is 10.3 Å². The molecule has 1 aromatic heterocycles. The average molecular weight is 266 g/mol. The Morgan fingerprint density at radius 2 is 1.47 bits per heavy atom. The highest BCUT2D eigenvalue weighted by Crippen LogP contribution is 2.10. The van der Waals surface area contributed by atoms with Gasteiger partial charge < -0.3 is 0 Å². The maximum atomic E-state index is 5.57. The van der Waals surface area contributed by atoms with E-state index in [-0.39, 0.29) is 0 Å². The molecule has 1 aromatic rings. The van der Waals surface area contributed by atoms with E-state index in [1.807, 2.05) is 10.8 Å². The third-order valence-electron chi connectivity index (χ3n) is 3.73. The fraction of sp³-hybridized carbons (Fsp3) is 0.812. The van der Waals surface area contributed by atoms with Crippen LogP contribution in [0, 0.1) is 0 Å². The second-order valence-corrected chi connectivity index (χ2v) is 5.53. The minimum atomic E-state index is 0.574. The van der Waals surface area contributed by atoms with E-state index in [9.17, 15) is 0 Å². The van der Waals surface area contributed by atoms with Crippen LogP contribution in [0.3, 0.4) is 0 Å². The largest absolute Gasteiger partial charge is 0.295 e. The fourth-order valence-electron chi connectivity index (χ4n) is 2.46. The Labute approximate surface area is 118 Å². The van der Waals surface area contributed by atoms with Crippen molar-refractivity contribution in [3.63, 3.8) is 0 Å². The lowest BCUT2D eigenvalue weighted by molar-refractivity contribution is -0.695. The zero-order valence-electron chi connectivity index (χ0n) is 12.7. The number of hydrogen-bond acceptors (Lipinski definition) is 1. The molecule has 0 aliphatic rings. The molecule has 0 fully saturated rings. The van der Waals surface area contributed by atoms with E-state index in [4.69, 9.17) is 5.73 Å². The molecule has 19 heavy (non-hydrogen) atoms. The van der Waals surface area contributed by atoms with Gasteiger partial charge in [-0.2, -0.15) is 0 Å². The van der Waals surface area contributed by atoms with Crippen molar-refractivity contribution in [1.82, 2.24) is 4.57 Å². The highest BCUT2D eigenvalue weighted by Gasteiger charge is 2.01. The molecule has 0 aliphatic carbocycles. The van der Waals surface area contributed by atoms with Gasteiger partial charge in [-0.3, -0.25) is 5.73 Å². The van der Waals surface area contributed by atoms with Crippen molar-refractivity contribution in [2.45, 2.75) is 84.3 Å². The molecule has 3 heteroatoms. The van der Waals surface area contributed by atoms with Gasteiger partial charge in [-0.25, -0.2) is 9.13 Å². The predicted molar refractivity (Wildman–Crippen MR) is 80.7 cm³/mol. The van der Waals surface area contributed by atoms with Gasteiger partial charge in [-0.15, -0.1) is 0 Å².